The number of para-hydroxylation sites is 2. The van der Waals surface area contributed by atoms with Gasteiger partial charge in [-0.1, -0.05) is 47.6 Å². The fourth-order valence-corrected chi connectivity index (χ4v) is 4.64. The zero-order chi connectivity index (χ0) is 21.8. The summed E-state index contributed by atoms with van der Waals surface area (Å²) in [4.78, 5) is 27.5. The lowest BCUT2D eigenvalue weighted by molar-refractivity contribution is -0.127. The molecular weight excluding hydrogens is 450 g/mol. The largest absolute Gasteiger partial charge is 0.348 e. The molecule has 9 heteroatoms. The van der Waals surface area contributed by atoms with Crippen LogP contribution >= 0.6 is 34.7 Å². The molecule has 2 aromatic heterocycles. The van der Waals surface area contributed by atoms with Gasteiger partial charge in [-0.2, -0.15) is 0 Å². The van der Waals surface area contributed by atoms with E-state index in [0.29, 0.717) is 28.2 Å². The topological polar surface area (TPSA) is 71.0 Å². The van der Waals surface area contributed by atoms with E-state index in [1.54, 1.807) is 19.0 Å². The fraction of sp³-hybridized carbons (Fsp3) is 0.182. The van der Waals surface area contributed by atoms with Crippen LogP contribution in [0.3, 0.4) is 0 Å². The Morgan fingerprint density at radius 3 is 2.68 bits per heavy atom. The minimum atomic E-state index is 0.0432. The van der Waals surface area contributed by atoms with Gasteiger partial charge in [0.25, 0.3) is 0 Å². The zero-order valence-corrected chi connectivity index (χ0v) is 19.4. The number of rotatable bonds is 7. The maximum Gasteiger partial charge on any atom is 0.228 e. The van der Waals surface area contributed by atoms with Crippen LogP contribution in [0.5, 0.6) is 0 Å². The zero-order valence-electron chi connectivity index (χ0n) is 17.0. The summed E-state index contributed by atoms with van der Waals surface area (Å²) >= 11 is 9.33. The summed E-state index contributed by atoms with van der Waals surface area (Å²) in [6.07, 6.45) is 0.320. The molecule has 0 aliphatic heterocycles. The van der Waals surface area contributed by atoms with Crippen LogP contribution in [0.15, 0.2) is 59.1 Å². The molecule has 0 saturated carbocycles. The Hall–Kier alpha value is -2.68. The molecule has 158 valence electrons. The third-order valence-electron chi connectivity index (χ3n) is 4.46. The lowest BCUT2D eigenvalue weighted by Crippen LogP contribution is -2.23. The molecular formula is C22H20ClN5OS2. The van der Waals surface area contributed by atoms with Gasteiger partial charge in [-0.05, 0) is 24.3 Å². The summed E-state index contributed by atoms with van der Waals surface area (Å²) in [7, 11) is 3.50. The molecule has 1 amide bonds. The highest BCUT2D eigenvalue weighted by atomic mass is 35.5. The average molecular weight is 470 g/mol. The van der Waals surface area contributed by atoms with Crippen molar-refractivity contribution in [2.24, 2.45) is 0 Å². The van der Waals surface area contributed by atoms with Gasteiger partial charge in [0.2, 0.25) is 5.91 Å². The van der Waals surface area contributed by atoms with Crippen LogP contribution in [0, 0.1) is 0 Å². The summed E-state index contributed by atoms with van der Waals surface area (Å²) in [5, 5.41) is 8.33. The number of likely N-dealkylation sites (N-methyl/N-ethyl adjacent to an activating group) is 1. The number of fused-ring (bicyclic) bond motifs is 1. The predicted molar refractivity (Wildman–Crippen MR) is 128 cm³/mol. The summed E-state index contributed by atoms with van der Waals surface area (Å²) in [5.74, 6) is 1.37. The van der Waals surface area contributed by atoms with Gasteiger partial charge in [-0.25, -0.2) is 15.0 Å². The third-order valence-corrected chi connectivity index (χ3v) is 6.57. The van der Waals surface area contributed by atoms with E-state index in [9.17, 15) is 4.79 Å². The normalized spacial score (nSPS) is 10.9. The van der Waals surface area contributed by atoms with E-state index >= 15 is 0 Å². The second-order valence-corrected chi connectivity index (χ2v) is 9.26. The van der Waals surface area contributed by atoms with Crippen molar-refractivity contribution in [3.8, 4) is 0 Å². The molecule has 1 N–H and O–H groups in total. The van der Waals surface area contributed by atoms with Crippen molar-refractivity contribution in [3.05, 3.63) is 69.6 Å². The van der Waals surface area contributed by atoms with Gasteiger partial charge in [0, 0.05) is 30.6 Å². The number of thiazole rings is 1. The standard InChI is InChI=1S/C22H20ClN5OS2/c1-28(2)20(29)11-19-24-14(12-30-19)13-31-22-26-17-9-5-3-7-15(17)21(27-22)25-18-10-6-4-8-16(18)23/h3-10,12H,11,13H2,1-2H3,(H,25,26,27). The average Bonchev–Trinajstić information content (AvgIpc) is 3.21. The van der Waals surface area contributed by atoms with Crippen molar-refractivity contribution in [2.75, 3.05) is 19.4 Å². The molecule has 0 saturated heterocycles. The molecule has 2 aromatic carbocycles. The number of benzene rings is 2. The smallest absolute Gasteiger partial charge is 0.228 e. The Kier molecular flexibility index (Phi) is 6.70. The maximum absolute atomic E-state index is 11.9. The van der Waals surface area contributed by atoms with Crippen LogP contribution in [-0.4, -0.2) is 39.9 Å². The first-order valence-corrected chi connectivity index (χ1v) is 11.8. The quantitative estimate of drug-likeness (QED) is 0.288. The first kappa shape index (κ1) is 21.5. The number of amides is 1. The van der Waals surface area contributed by atoms with Crippen LogP contribution in [0.4, 0.5) is 11.5 Å². The number of nitrogens with zero attached hydrogens (tertiary/aromatic N) is 4. The molecule has 0 radical (unpaired) electrons. The molecule has 6 nitrogen and oxygen atoms in total. The van der Waals surface area contributed by atoms with Crippen molar-refractivity contribution in [1.82, 2.24) is 19.9 Å². The Labute approximate surface area is 193 Å². The molecule has 31 heavy (non-hydrogen) atoms. The van der Waals surface area contributed by atoms with Gasteiger partial charge in [-0.15, -0.1) is 11.3 Å². The number of carbonyl (C=O) groups excluding carboxylic acids is 1. The van der Waals surface area contributed by atoms with Crippen LogP contribution < -0.4 is 5.32 Å². The Morgan fingerprint density at radius 2 is 1.87 bits per heavy atom. The first-order chi connectivity index (χ1) is 15.0. The number of hydrogen-bond donors (Lipinski definition) is 1. The Morgan fingerprint density at radius 1 is 1.10 bits per heavy atom. The number of thioether (sulfide) groups is 1. The molecule has 0 aliphatic carbocycles. The van der Waals surface area contributed by atoms with E-state index in [2.05, 4.69) is 15.3 Å². The Bertz CT molecular complexity index is 1230. The summed E-state index contributed by atoms with van der Waals surface area (Å²) in [6, 6.07) is 15.4. The SMILES string of the molecule is CN(C)C(=O)Cc1nc(CSc2nc(Nc3ccccc3Cl)c3ccccc3n2)cs1. The monoisotopic (exact) mass is 469 g/mol. The van der Waals surface area contributed by atoms with E-state index in [0.717, 1.165) is 27.3 Å². The van der Waals surface area contributed by atoms with Crippen LogP contribution in [0.1, 0.15) is 10.7 Å². The number of halogens is 1. The van der Waals surface area contributed by atoms with Crippen molar-refractivity contribution < 1.29 is 4.79 Å². The number of carbonyl (C=O) groups is 1. The summed E-state index contributed by atoms with van der Waals surface area (Å²) < 4.78 is 0. The van der Waals surface area contributed by atoms with Gasteiger partial charge in [0.1, 0.15) is 10.8 Å². The second-order valence-electron chi connectivity index (χ2n) is 6.96. The molecule has 2 heterocycles. The number of anilines is 2. The maximum atomic E-state index is 11.9. The highest BCUT2D eigenvalue weighted by Gasteiger charge is 2.12. The van der Waals surface area contributed by atoms with Gasteiger partial charge in [0.15, 0.2) is 5.16 Å². The summed E-state index contributed by atoms with van der Waals surface area (Å²) in [6.45, 7) is 0. The second kappa shape index (κ2) is 9.64. The molecule has 0 spiro atoms. The predicted octanol–water partition coefficient (Wildman–Crippen LogP) is 5.41. The van der Waals surface area contributed by atoms with E-state index in [-0.39, 0.29) is 5.91 Å². The van der Waals surface area contributed by atoms with Gasteiger partial charge in [0.05, 0.1) is 28.3 Å². The van der Waals surface area contributed by atoms with Gasteiger partial charge >= 0.3 is 0 Å². The van der Waals surface area contributed by atoms with Crippen LogP contribution in [0.2, 0.25) is 5.02 Å². The van der Waals surface area contributed by atoms with Crippen molar-refractivity contribution >= 4 is 63.0 Å². The van der Waals surface area contributed by atoms with Crippen molar-refractivity contribution in [2.45, 2.75) is 17.3 Å². The number of aromatic nitrogens is 3. The molecule has 4 aromatic rings. The lowest BCUT2D eigenvalue weighted by atomic mass is 10.2. The fourth-order valence-electron chi connectivity index (χ4n) is 2.83. The summed E-state index contributed by atoms with van der Waals surface area (Å²) in [5.41, 5.74) is 2.55. The number of hydrogen-bond acceptors (Lipinski definition) is 7. The minimum Gasteiger partial charge on any atom is -0.348 e. The third kappa shape index (κ3) is 5.33. The first-order valence-electron chi connectivity index (χ1n) is 9.54. The molecule has 4 rings (SSSR count). The van der Waals surface area contributed by atoms with E-state index in [4.69, 9.17) is 16.6 Å². The van der Waals surface area contributed by atoms with Crippen molar-refractivity contribution in [3.63, 3.8) is 0 Å². The molecule has 0 aliphatic rings. The highest BCUT2D eigenvalue weighted by Crippen LogP contribution is 2.31. The highest BCUT2D eigenvalue weighted by molar-refractivity contribution is 7.98. The minimum absolute atomic E-state index is 0.0432. The molecule has 0 fully saturated rings. The molecule has 0 bridgehead atoms. The van der Waals surface area contributed by atoms with Crippen LogP contribution in [0.25, 0.3) is 10.9 Å². The van der Waals surface area contributed by atoms with Gasteiger partial charge < -0.3 is 10.2 Å². The van der Waals surface area contributed by atoms with E-state index in [1.807, 2.05) is 53.9 Å². The number of nitrogens with one attached hydrogen (secondary N) is 1. The van der Waals surface area contributed by atoms with Gasteiger partial charge in [-0.3, -0.25) is 4.79 Å². The lowest BCUT2D eigenvalue weighted by Gasteiger charge is -2.11. The van der Waals surface area contributed by atoms with E-state index < -0.39 is 0 Å². The van der Waals surface area contributed by atoms with E-state index in [1.165, 1.54) is 23.1 Å². The molecule has 0 atom stereocenters. The Balaban J connectivity index is 1.54. The van der Waals surface area contributed by atoms with Crippen molar-refractivity contribution in [1.29, 1.82) is 0 Å². The van der Waals surface area contributed by atoms with Crippen LogP contribution in [-0.2, 0) is 17.0 Å². The molecule has 0 unspecified atom stereocenters.